The second-order valence-electron chi connectivity index (χ2n) is 6.99. The molecule has 132 valence electrons. The fourth-order valence-corrected chi connectivity index (χ4v) is 3.49. The molecule has 2 aromatic rings. The summed E-state index contributed by atoms with van der Waals surface area (Å²) in [5, 5.41) is 0. The Kier molecular flexibility index (Phi) is 5.37. The Bertz CT molecular complexity index is 757. The fraction of sp³-hybridized carbons (Fsp3) is 0.429. The van der Waals surface area contributed by atoms with Crippen molar-refractivity contribution in [3.63, 3.8) is 0 Å². The Morgan fingerprint density at radius 2 is 1.88 bits per heavy atom. The van der Waals surface area contributed by atoms with E-state index >= 15 is 0 Å². The first kappa shape index (κ1) is 17.5. The van der Waals surface area contributed by atoms with Crippen molar-refractivity contribution in [2.75, 3.05) is 31.1 Å². The van der Waals surface area contributed by atoms with Crippen LogP contribution < -0.4 is 4.90 Å². The van der Waals surface area contributed by atoms with E-state index in [4.69, 9.17) is 0 Å². The topological polar surface area (TPSA) is 36.4 Å². The molecule has 1 saturated heterocycles. The van der Waals surface area contributed by atoms with E-state index in [0.29, 0.717) is 6.42 Å². The maximum Gasteiger partial charge on any atom is 0.227 e. The molecule has 25 heavy (non-hydrogen) atoms. The zero-order valence-electron chi connectivity index (χ0n) is 15.5. The SMILES string of the molecule is Cc1ccc(C)c(CC(=O)N2CCCN(c3ccncc3C)CC2)c1. The first-order valence-corrected chi connectivity index (χ1v) is 9.04. The van der Waals surface area contributed by atoms with Gasteiger partial charge in [-0.1, -0.05) is 23.8 Å². The summed E-state index contributed by atoms with van der Waals surface area (Å²) in [5.74, 6) is 0.238. The van der Waals surface area contributed by atoms with Crippen molar-refractivity contribution < 1.29 is 4.79 Å². The molecule has 1 aliphatic rings. The van der Waals surface area contributed by atoms with Crippen LogP contribution in [0.1, 0.15) is 28.7 Å². The minimum Gasteiger partial charge on any atom is -0.369 e. The maximum atomic E-state index is 12.8. The fourth-order valence-electron chi connectivity index (χ4n) is 3.49. The lowest BCUT2D eigenvalue weighted by molar-refractivity contribution is -0.130. The number of hydrogen-bond acceptors (Lipinski definition) is 3. The molecule has 4 nitrogen and oxygen atoms in total. The van der Waals surface area contributed by atoms with E-state index < -0.39 is 0 Å². The Labute approximate surface area is 150 Å². The molecule has 1 aromatic carbocycles. The number of pyridine rings is 1. The number of nitrogens with zero attached hydrogens (tertiary/aromatic N) is 3. The van der Waals surface area contributed by atoms with E-state index in [0.717, 1.165) is 38.2 Å². The average molecular weight is 337 g/mol. The largest absolute Gasteiger partial charge is 0.369 e. The van der Waals surface area contributed by atoms with E-state index in [1.54, 1.807) is 0 Å². The molecule has 0 radical (unpaired) electrons. The molecular weight excluding hydrogens is 310 g/mol. The van der Waals surface area contributed by atoms with Gasteiger partial charge in [-0.25, -0.2) is 0 Å². The minimum atomic E-state index is 0.238. The molecule has 0 bridgehead atoms. The predicted octanol–water partition coefficient (Wildman–Crippen LogP) is 3.29. The van der Waals surface area contributed by atoms with Crippen LogP contribution in [0.3, 0.4) is 0 Å². The average Bonchev–Trinajstić information content (AvgIpc) is 2.85. The van der Waals surface area contributed by atoms with Crippen LogP contribution in [0.2, 0.25) is 0 Å². The summed E-state index contributed by atoms with van der Waals surface area (Å²) < 4.78 is 0. The quantitative estimate of drug-likeness (QED) is 0.862. The molecule has 1 fully saturated rings. The van der Waals surface area contributed by atoms with Crippen molar-refractivity contribution in [1.82, 2.24) is 9.88 Å². The molecular formula is C21H27N3O. The highest BCUT2D eigenvalue weighted by Gasteiger charge is 2.20. The van der Waals surface area contributed by atoms with E-state index in [-0.39, 0.29) is 5.91 Å². The number of aromatic nitrogens is 1. The van der Waals surface area contributed by atoms with Gasteiger partial charge in [0.2, 0.25) is 5.91 Å². The number of carbonyl (C=O) groups is 1. The van der Waals surface area contributed by atoms with Gasteiger partial charge in [0.1, 0.15) is 0 Å². The molecule has 0 N–H and O–H groups in total. The van der Waals surface area contributed by atoms with Gasteiger partial charge in [-0.05, 0) is 49.9 Å². The molecule has 0 spiro atoms. The monoisotopic (exact) mass is 337 g/mol. The van der Waals surface area contributed by atoms with Crippen molar-refractivity contribution in [1.29, 1.82) is 0 Å². The second kappa shape index (κ2) is 7.68. The molecule has 0 unspecified atom stereocenters. The number of benzene rings is 1. The van der Waals surface area contributed by atoms with Gasteiger partial charge in [0.05, 0.1) is 6.42 Å². The van der Waals surface area contributed by atoms with Gasteiger partial charge in [0, 0.05) is 44.3 Å². The van der Waals surface area contributed by atoms with Crippen LogP contribution in [0.25, 0.3) is 0 Å². The summed E-state index contributed by atoms with van der Waals surface area (Å²) in [5.41, 5.74) is 5.99. The molecule has 0 atom stereocenters. The van der Waals surface area contributed by atoms with Crippen LogP contribution in [0, 0.1) is 20.8 Å². The third-order valence-corrected chi connectivity index (χ3v) is 5.03. The van der Waals surface area contributed by atoms with Gasteiger partial charge < -0.3 is 9.80 Å². The number of anilines is 1. The molecule has 0 saturated carbocycles. The molecule has 1 amide bonds. The summed E-state index contributed by atoms with van der Waals surface area (Å²) in [6, 6.07) is 8.42. The van der Waals surface area contributed by atoms with Gasteiger partial charge in [-0.2, -0.15) is 0 Å². The van der Waals surface area contributed by atoms with Crippen LogP contribution in [0.4, 0.5) is 5.69 Å². The van der Waals surface area contributed by atoms with Gasteiger partial charge in [-0.3, -0.25) is 9.78 Å². The Balaban J connectivity index is 1.65. The zero-order chi connectivity index (χ0) is 17.8. The summed E-state index contributed by atoms with van der Waals surface area (Å²) in [6.07, 6.45) is 5.25. The normalized spacial score (nSPS) is 15.2. The number of amides is 1. The maximum absolute atomic E-state index is 12.8. The number of hydrogen-bond donors (Lipinski definition) is 0. The highest BCUT2D eigenvalue weighted by Crippen LogP contribution is 2.20. The van der Waals surface area contributed by atoms with E-state index in [9.17, 15) is 4.79 Å². The van der Waals surface area contributed by atoms with Crippen LogP contribution in [-0.2, 0) is 11.2 Å². The van der Waals surface area contributed by atoms with Gasteiger partial charge in [0.15, 0.2) is 0 Å². The Morgan fingerprint density at radius 1 is 1.04 bits per heavy atom. The third-order valence-electron chi connectivity index (χ3n) is 5.03. The Hall–Kier alpha value is -2.36. The second-order valence-corrected chi connectivity index (χ2v) is 6.99. The smallest absolute Gasteiger partial charge is 0.227 e. The molecule has 0 aliphatic carbocycles. The van der Waals surface area contributed by atoms with Crippen molar-refractivity contribution >= 4 is 11.6 Å². The lowest BCUT2D eigenvalue weighted by atomic mass is 10.0. The number of carbonyl (C=O) groups excluding carboxylic acids is 1. The van der Waals surface area contributed by atoms with E-state index in [2.05, 4.69) is 54.9 Å². The van der Waals surface area contributed by atoms with Gasteiger partial charge in [0.25, 0.3) is 0 Å². The zero-order valence-corrected chi connectivity index (χ0v) is 15.5. The molecule has 4 heteroatoms. The molecule has 2 heterocycles. The Morgan fingerprint density at radius 3 is 2.68 bits per heavy atom. The summed E-state index contributed by atoms with van der Waals surface area (Å²) >= 11 is 0. The van der Waals surface area contributed by atoms with Crippen molar-refractivity contribution in [3.8, 4) is 0 Å². The highest BCUT2D eigenvalue weighted by molar-refractivity contribution is 5.79. The van der Waals surface area contributed by atoms with Crippen molar-refractivity contribution in [2.45, 2.75) is 33.6 Å². The standard InChI is InChI=1S/C21H27N3O/c1-16-5-6-17(2)19(13-16)14-21(25)24-10-4-9-23(11-12-24)20-7-8-22-15-18(20)3/h5-8,13,15H,4,9-12,14H2,1-3H3. The molecule has 1 aliphatic heterocycles. The van der Waals surface area contributed by atoms with Crippen LogP contribution in [0.5, 0.6) is 0 Å². The first-order valence-electron chi connectivity index (χ1n) is 9.04. The first-order chi connectivity index (χ1) is 12.0. The van der Waals surface area contributed by atoms with Crippen LogP contribution >= 0.6 is 0 Å². The van der Waals surface area contributed by atoms with Gasteiger partial charge in [-0.15, -0.1) is 0 Å². The van der Waals surface area contributed by atoms with Crippen LogP contribution in [0.15, 0.2) is 36.7 Å². The minimum absolute atomic E-state index is 0.238. The van der Waals surface area contributed by atoms with Gasteiger partial charge >= 0.3 is 0 Å². The highest BCUT2D eigenvalue weighted by atomic mass is 16.2. The predicted molar refractivity (Wildman–Crippen MR) is 102 cm³/mol. The summed E-state index contributed by atoms with van der Waals surface area (Å²) in [4.78, 5) is 21.4. The number of aryl methyl sites for hydroxylation is 3. The van der Waals surface area contributed by atoms with E-state index in [1.807, 2.05) is 17.3 Å². The summed E-state index contributed by atoms with van der Waals surface area (Å²) in [7, 11) is 0. The van der Waals surface area contributed by atoms with Crippen molar-refractivity contribution in [3.05, 3.63) is 58.9 Å². The summed E-state index contributed by atoms with van der Waals surface area (Å²) in [6.45, 7) is 9.74. The molecule has 3 rings (SSSR count). The lowest BCUT2D eigenvalue weighted by Crippen LogP contribution is -2.36. The van der Waals surface area contributed by atoms with Crippen molar-refractivity contribution in [2.24, 2.45) is 0 Å². The van der Waals surface area contributed by atoms with Crippen LogP contribution in [-0.4, -0.2) is 42.0 Å². The number of rotatable bonds is 3. The van der Waals surface area contributed by atoms with E-state index in [1.165, 1.54) is 22.4 Å². The molecule has 1 aromatic heterocycles. The lowest BCUT2D eigenvalue weighted by Gasteiger charge is -2.25. The third kappa shape index (κ3) is 4.19.